The third kappa shape index (κ3) is 4.21. The molecule has 1 fully saturated rings. The molecule has 1 aromatic rings. The zero-order valence-corrected chi connectivity index (χ0v) is 13.9. The molecule has 0 saturated carbocycles. The fourth-order valence-electron chi connectivity index (χ4n) is 3.14. The summed E-state index contributed by atoms with van der Waals surface area (Å²) < 4.78 is 0. The molecule has 1 atom stereocenters. The molecule has 2 rings (SSSR count). The molecule has 1 unspecified atom stereocenters. The van der Waals surface area contributed by atoms with Crippen LogP contribution in [0.15, 0.2) is 18.2 Å². The van der Waals surface area contributed by atoms with Crippen molar-refractivity contribution in [2.24, 2.45) is 11.7 Å². The molecule has 1 aliphatic rings. The van der Waals surface area contributed by atoms with Crippen LogP contribution < -0.4 is 10.6 Å². The van der Waals surface area contributed by atoms with Gasteiger partial charge in [-0.3, -0.25) is 4.90 Å². The van der Waals surface area contributed by atoms with Gasteiger partial charge in [-0.1, -0.05) is 25.5 Å². The molecule has 21 heavy (non-hydrogen) atoms. The molecule has 1 saturated heterocycles. The third-order valence-electron chi connectivity index (χ3n) is 5.05. The quantitative estimate of drug-likeness (QED) is 0.874. The average Bonchev–Trinajstić information content (AvgIpc) is 2.52. The number of nitrogens with two attached hydrogens (primary N) is 1. The van der Waals surface area contributed by atoms with Gasteiger partial charge in [0.2, 0.25) is 0 Å². The molecule has 0 aromatic heterocycles. The van der Waals surface area contributed by atoms with Gasteiger partial charge < -0.3 is 10.6 Å². The van der Waals surface area contributed by atoms with E-state index in [-0.39, 0.29) is 0 Å². The maximum atomic E-state index is 5.80. The molecule has 1 aromatic carbocycles. The number of hydrogen-bond donors (Lipinski definition) is 1. The van der Waals surface area contributed by atoms with E-state index in [1.165, 1.54) is 49.3 Å². The SMILES string of the molecule is CCC(CN)CCN1CCN(c2cccc(C)c2C)CC1. The first-order chi connectivity index (χ1) is 10.2. The molecule has 3 nitrogen and oxygen atoms in total. The van der Waals surface area contributed by atoms with E-state index in [2.05, 4.69) is 48.8 Å². The van der Waals surface area contributed by atoms with Gasteiger partial charge in [0.25, 0.3) is 0 Å². The van der Waals surface area contributed by atoms with Crippen molar-refractivity contribution in [3.05, 3.63) is 29.3 Å². The van der Waals surface area contributed by atoms with Crippen molar-refractivity contribution in [2.45, 2.75) is 33.6 Å². The van der Waals surface area contributed by atoms with Crippen LogP contribution in [-0.4, -0.2) is 44.2 Å². The summed E-state index contributed by atoms with van der Waals surface area (Å²) >= 11 is 0. The molecule has 0 spiro atoms. The second kappa shape index (κ2) is 7.81. The standard InChI is InChI=1S/C18H31N3/c1-4-17(14-19)8-9-20-10-12-21(13-11-20)18-7-5-6-15(2)16(18)3/h5-7,17H,4,8-14,19H2,1-3H3. The van der Waals surface area contributed by atoms with Crippen molar-refractivity contribution in [1.29, 1.82) is 0 Å². The van der Waals surface area contributed by atoms with Gasteiger partial charge in [0.15, 0.2) is 0 Å². The number of hydrogen-bond acceptors (Lipinski definition) is 3. The molecule has 3 heteroatoms. The van der Waals surface area contributed by atoms with Crippen LogP contribution in [0.5, 0.6) is 0 Å². The topological polar surface area (TPSA) is 32.5 Å². The van der Waals surface area contributed by atoms with Crippen LogP contribution in [0.2, 0.25) is 0 Å². The zero-order chi connectivity index (χ0) is 15.2. The minimum absolute atomic E-state index is 0.696. The first-order valence-electron chi connectivity index (χ1n) is 8.39. The number of rotatable bonds is 6. The fraction of sp³-hybridized carbons (Fsp3) is 0.667. The van der Waals surface area contributed by atoms with Crippen molar-refractivity contribution >= 4 is 5.69 Å². The molecule has 1 heterocycles. The number of nitrogens with zero attached hydrogens (tertiary/aromatic N) is 2. The number of anilines is 1. The second-order valence-electron chi connectivity index (χ2n) is 6.35. The Labute approximate surface area is 130 Å². The molecule has 2 N–H and O–H groups in total. The van der Waals surface area contributed by atoms with Gasteiger partial charge in [0, 0.05) is 31.9 Å². The lowest BCUT2D eigenvalue weighted by Crippen LogP contribution is -2.47. The Bertz CT molecular complexity index is 432. The summed E-state index contributed by atoms with van der Waals surface area (Å²) in [6.45, 7) is 13.4. The first kappa shape index (κ1) is 16.3. The van der Waals surface area contributed by atoms with Crippen molar-refractivity contribution in [3.8, 4) is 0 Å². The lowest BCUT2D eigenvalue weighted by Gasteiger charge is -2.37. The highest BCUT2D eigenvalue weighted by Gasteiger charge is 2.19. The Morgan fingerprint density at radius 2 is 1.86 bits per heavy atom. The van der Waals surface area contributed by atoms with E-state index >= 15 is 0 Å². The molecule has 0 bridgehead atoms. The maximum absolute atomic E-state index is 5.80. The molecule has 1 aliphatic heterocycles. The van der Waals surface area contributed by atoms with Crippen molar-refractivity contribution < 1.29 is 0 Å². The summed E-state index contributed by atoms with van der Waals surface area (Å²) in [6.07, 6.45) is 2.45. The van der Waals surface area contributed by atoms with Crippen molar-refractivity contribution in [2.75, 3.05) is 44.2 Å². The molecule has 0 aliphatic carbocycles. The number of piperazine rings is 1. The van der Waals surface area contributed by atoms with Crippen LogP contribution in [0.25, 0.3) is 0 Å². The maximum Gasteiger partial charge on any atom is 0.0399 e. The summed E-state index contributed by atoms with van der Waals surface area (Å²) in [5.41, 5.74) is 10.0. The second-order valence-corrected chi connectivity index (χ2v) is 6.35. The Kier molecular flexibility index (Phi) is 6.07. The van der Waals surface area contributed by atoms with Crippen LogP contribution in [-0.2, 0) is 0 Å². The normalized spacial score (nSPS) is 18.0. The lowest BCUT2D eigenvalue weighted by molar-refractivity contribution is 0.237. The zero-order valence-electron chi connectivity index (χ0n) is 13.9. The van der Waals surface area contributed by atoms with Gasteiger partial charge in [0.1, 0.15) is 0 Å². The predicted molar refractivity (Wildman–Crippen MR) is 92.0 cm³/mol. The number of aryl methyl sites for hydroxylation is 1. The summed E-state index contributed by atoms with van der Waals surface area (Å²) in [5.74, 6) is 0.696. The Hall–Kier alpha value is -1.06. The molecule has 118 valence electrons. The third-order valence-corrected chi connectivity index (χ3v) is 5.05. The summed E-state index contributed by atoms with van der Waals surface area (Å²) in [6, 6.07) is 6.64. The molecule has 0 radical (unpaired) electrons. The minimum atomic E-state index is 0.696. The Morgan fingerprint density at radius 3 is 2.48 bits per heavy atom. The fourth-order valence-corrected chi connectivity index (χ4v) is 3.14. The molecular weight excluding hydrogens is 258 g/mol. The van der Waals surface area contributed by atoms with Crippen LogP contribution in [0, 0.1) is 19.8 Å². The summed E-state index contributed by atoms with van der Waals surface area (Å²) in [5, 5.41) is 0. The predicted octanol–water partition coefficient (Wildman–Crippen LogP) is 2.80. The van der Waals surface area contributed by atoms with E-state index in [0.717, 1.165) is 19.6 Å². The van der Waals surface area contributed by atoms with Gasteiger partial charge in [-0.15, -0.1) is 0 Å². The minimum Gasteiger partial charge on any atom is -0.369 e. The van der Waals surface area contributed by atoms with Crippen LogP contribution >= 0.6 is 0 Å². The highest BCUT2D eigenvalue weighted by Crippen LogP contribution is 2.24. The van der Waals surface area contributed by atoms with Gasteiger partial charge in [0.05, 0.1) is 0 Å². The summed E-state index contributed by atoms with van der Waals surface area (Å²) in [4.78, 5) is 5.14. The Morgan fingerprint density at radius 1 is 1.14 bits per heavy atom. The van der Waals surface area contributed by atoms with Gasteiger partial charge in [-0.05, 0) is 56.5 Å². The van der Waals surface area contributed by atoms with Gasteiger partial charge >= 0.3 is 0 Å². The highest BCUT2D eigenvalue weighted by molar-refractivity contribution is 5.56. The monoisotopic (exact) mass is 289 g/mol. The van der Waals surface area contributed by atoms with Crippen molar-refractivity contribution in [3.63, 3.8) is 0 Å². The molecule has 0 amide bonds. The van der Waals surface area contributed by atoms with Crippen LogP contribution in [0.1, 0.15) is 30.9 Å². The Balaban J connectivity index is 1.84. The van der Waals surface area contributed by atoms with E-state index in [1.807, 2.05) is 0 Å². The summed E-state index contributed by atoms with van der Waals surface area (Å²) in [7, 11) is 0. The van der Waals surface area contributed by atoms with Crippen LogP contribution in [0.4, 0.5) is 5.69 Å². The average molecular weight is 289 g/mol. The highest BCUT2D eigenvalue weighted by atomic mass is 15.3. The van der Waals surface area contributed by atoms with E-state index < -0.39 is 0 Å². The van der Waals surface area contributed by atoms with Crippen molar-refractivity contribution in [1.82, 2.24) is 4.90 Å². The van der Waals surface area contributed by atoms with Gasteiger partial charge in [-0.2, -0.15) is 0 Å². The first-order valence-corrected chi connectivity index (χ1v) is 8.39. The largest absolute Gasteiger partial charge is 0.369 e. The smallest absolute Gasteiger partial charge is 0.0399 e. The van der Waals surface area contributed by atoms with Crippen LogP contribution in [0.3, 0.4) is 0 Å². The molecular formula is C18H31N3. The van der Waals surface area contributed by atoms with Gasteiger partial charge in [-0.25, -0.2) is 0 Å². The number of benzene rings is 1. The van der Waals surface area contributed by atoms with E-state index in [9.17, 15) is 0 Å². The lowest BCUT2D eigenvalue weighted by atomic mass is 10.0. The van der Waals surface area contributed by atoms with E-state index in [4.69, 9.17) is 5.73 Å². The van der Waals surface area contributed by atoms with E-state index in [1.54, 1.807) is 0 Å². The van der Waals surface area contributed by atoms with E-state index in [0.29, 0.717) is 5.92 Å².